The van der Waals surface area contributed by atoms with Crippen LogP contribution in [0, 0.1) is 13.8 Å². The number of quaternary nitrogens is 1. The van der Waals surface area contributed by atoms with Gasteiger partial charge in [0.1, 0.15) is 19.2 Å². The molecule has 0 saturated heterocycles. The molecule has 3 nitrogen and oxygen atoms in total. The van der Waals surface area contributed by atoms with Crippen LogP contribution in [0.4, 0.5) is 0 Å². The maximum atomic E-state index is 11.2. The molecule has 0 aliphatic carbocycles. The number of nitrogens with two attached hydrogens (primary N) is 1. The first-order chi connectivity index (χ1) is 17.1. The van der Waals surface area contributed by atoms with Gasteiger partial charge in [-0.3, -0.25) is 0 Å². The van der Waals surface area contributed by atoms with E-state index in [0.717, 1.165) is 6.54 Å². The van der Waals surface area contributed by atoms with Gasteiger partial charge < -0.3 is 15.0 Å². The number of hydrogen-bond acceptors (Lipinski definition) is 1. The number of fused-ring (bicyclic) bond motifs is 1. The SMILES string of the molecule is Cc1cc(C)c2c(c1)c(-c1ccccc1)c(-c1ccccc1)n2C[C@@H](O)C[NH2+]Cc1ccccc1. The second-order valence-electron chi connectivity index (χ2n) is 9.41. The van der Waals surface area contributed by atoms with Gasteiger partial charge in [-0.25, -0.2) is 0 Å². The molecule has 5 aromatic rings. The van der Waals surface area contributed by atoms with Gasteiger partial charge in [0.25, 0.3) is 0 Å². The molecule has 1 heterocycles. The molecule has 0 saturated carbocycles. The van der Waals surface area contributed by atoms with Crippen molar-refractivity contribution in [3.8, 4) is 22.4 Å². The van der Waals surface area contributed by atoms with Gasteiger partial charge in [0.05, 0.1) is 17.8 Å². The van der Waals surface area contributed by atoms with E-state index in [4.69, 9.17) is 0 Å². The first kappa shape index (κ1) is 23.1. The van der Waals surface area contributed by atoms with E-state index in [0.29, 0.717) is 13.1 Å². The van der Waals surface area contributed by atoms with Crippen LogP contribution in [0.2, 0.25) is 0 Å². The molecule has 4 aromatic carbocycles. The van der Waals surface area contributed by atoms with Crippen LogP contribution in [-0.2, 0) is 13.1 Å². The number of aliphatic hydroxyl groups is 1. The molecule has 1 atom stereocenters. The van der Waals surface area contributed by atoms with Crippen molar-refractivity contribution in [2.24, 2.45) is 0 Å². The minimum Gasteiger partial charge on any atom is -0.385 e. The van der Waals surface area contributed by atoms with Crippen LogP contribution in [-0.4, -0.2) is 22.3 Å². The van der Waals surface area contributed by atoms with Crippen LogP contribution >= 0.6 is 0 Å². The summed E-state index contributed by atoms with van der Waals surface area (Å²) in [5.74, 6) is 0. The fraction of sp³-hybridized carbons (Fsp3) is 0.188. The fourth-order valence-corrected chi connectivity index (χ4v) is 5.20. The maximum Gasteiger partial charge on any atom is 0.121 e. The summed E-state index contributed by atoms with van der Waals surface area (Å²) in [7, 11) is 0. The van der Waals surface area contributed by atoms with E-state index in [9.17, 15) is 5.11 Å². The van der Waals surface area contributed by atoms with Gasteiger partial charge in [-0.2, -0.15) is 0 Å². The molecule has 0 spiro atoms. The van der Waals surface area contributed by atoms with Gasteiger partial charge in [0, 0.05) is 16.5 Å². The molecule has 0 radical (unpaired) electrons. The Kier molecular flexibility index (Phi) is 6.80. The molecule has 3 heteroatoms. The van der Waals surface area contributed by atoms with Crippen LogP contribution in [0.1, 0.15) is 16.7 Å². The van der Waals surface area contributed by atoms with Gasteiger partial charge in [0.15, 0.2) is 0 Å². The summed E-state index contributed by atoms with van der Waals surface area (Å²) < 4.78 is 2.35. The van der Waals surface area contributed by atoms with Crippen molar-refractivity contribution in [3.63, 3.8) is 0 Å². The van der Waals surface area contributed by atoms with Crippen LogP contribution in [0.5, 0.6) is 0 Å². The second-order valence-corrected chi connectivity index (χ2v) is 9.41. The number of aryl methyl sites for hydroxylation is 2. The highest BCUT2D eigenvalue weighted by Crippen LogP contribution is 2.42. The van der Waals surface area contributed by atoms with Crippen molar-refractivity contribution in [3.05, 3.63) is 120 Å². The first-order valence-electron chi connectivity index (χ1n) is 12.4. The summed E-state index contributed by atoms with van der Waals surface area (Å²) in [6.07, 6.45) is -0.471. The maximum absolute atomic E-state index is 11.2. The predicted octanol–water partition coefficient (Wildman–Crippen LogP) is 5.72. The van der Waals surface area contributed by atoms with Crippen molar-refractivity contribution < 1.29 is 10.4 Å². The molecule has 0 bridgehead atoms. The summed E-state index contributed by atoms with van der Waals surface area (Å²) in [5.41, 5.74) is 9.73. The van der Waals surface area contributed by atoms with Crippen molar-refractivity contribution in [2.75, 3.05) is 6.54 Å². The molecule has 3 N–H and O–H groups in total. The average Bonchev–Trinajstić information content (AvgIpc) is 3.19. The summed E-state index contributed by atoms with van der Waals surface area (Å²) in [4.78, 5) is 0. The molecule has 35 heavy (non-hydrogen) atoms. The predicted molar refractivity (Wildman–Crippen MR) is 145 cm³/mol. The first-order valence-corrected chi connectivity index (χ1v) is 12.4. The Balaban J connectivity index is 1.59. The van der Waals surface area contributed by atoms with Crippen LogP contribution in [0.25, 0.3) is 33.3 Å². The highest BCUT2D eigenvalue weighted by Gasteiger charge is 2.23. The second kappa shape index (κ2) is 10.3. The lowest BCUT2D eigenvalue weighted by Crippen LogP contribution is -2.85. The Morgan fingerprint density at radius 2 is 1.37 bits per heavy atom. The number of aromatic nitrogens is 1. The molecule has 0 aliphatic rings. The number of hydrogen-bond donors (Lipinski definition) is 2. The zero-order valence-corrected chi connectivity index (χ0v) is 20.5. The van der Waals surface area contributed by atoms with Gasteiger partial charge in [0.2, 0.25) is 0 Å². The minimum absolute atomic E-state index is 0.471. The number of benzene rings is 4. The summed E-state index contributed by atoms with van der Waals surface area (Å²) in [6, 6.07) is 36.2. The Morgan fingerprint density at radius 1 is 0.771 bits per heavy atom. The number of aliphatic hydroxyl groups excluding tert-OH is 1. The molecule has 5 rings (SSSR count). The Morgan fingerprint density at radius 3 is 2.03 bits per heavy atom. The highest BCUT2D eigenvalue weighted by atomic mass is 16.3. The third-order valence-electron chi connectivity index (χ3n) is 6.66. The fourth-order valence-electron chi connectivity index (χ4n) is 5.20. The van der Waals surface area contributed by atoms with Gasteiger partial charge in [-0.1, -0.05) is 103 Å². The minimum atomic E-state index is -0.471. The van der Waals surface area contributed by atoms with Crippen molar-refractivity contribution >= 4 is 10.9 Å². The van der Waals surface area contributed by atoms with E-state index in [1.54, 1.807) is 0 Å². The number of nitrogens with zero attached hydrogens (tertiary/aromatic N) is 1. The summed E-state index contributed by atoms with van der Waals surface area (Å²) >= 11 is 0. The van der Waals surface area contributed by atoms with E-state index in [2.05, 4.69) is 121 Å². The Bertz CT molecular complexity index is 1410. The van der Waals surface area contributed by atoms with E-state index in [1.807, 2.05) is 6.07 Å². The molecule has 176 valence electrons. The van der Waals surface area contributed by atoms with E-state index in [-0.39, 0.29) is 0 Å². The van der Waals surface area contributed by atoms with Crippen LogP contribution in [0.3, 0.4) is 0 Å². The monoisotopic (exact) mass is 461 g/mol. The standard InChI is InChI=1S/C32H32N2O/c1-23-18-24(2)31-29(19-23)30(26-14-8-4-9-15-26)32(27-16-10-5-11-17-27)34(31)22-28(35)21-33-20-25-12-6-3-7-13-25/h3-19,28,33,35H,20-22H2,1-2H3/p+1/t28-/m0/s1. The van der Waals surface area contributed by atoms with E-state index >= 15 is 0 Å². The van der Waals surface area contributed by atoms with Gasteiger partial charge in [-0.05, 0) is 36.6 Å². The molecular formula is C32H33N2O+. The molecular weight excluding hydrogens is 428 g/mol. The molecule has 0 unspecified atom stereocenters. The largest absolute Gasteiger partial charge is 0.385 e. The summed E-state index contributed by atoms with van der Waals surface area (Å²) in [5, 5.41) is 14.6. The molecule has 0 amide bonds. The van der Waals surface area contributed by atoms with E-state index in [1.165, 1.54) is 50.0 Å². The molecule has 0 aliphatic heterocycles. The lowest BCUT2D eigenvalue weighted by molar-refractivity contribution is -0.676. The van der Waals surface area contributed by atoms with Gasteiger partial charge >= 0.3 is 0 Å². The van der Waals surface area contributed by atoms with Crippen molar-refractivity contribution in [1.82, 2.24) is 4.57 Å². The number of rotatable bonds is 8. The third kappa shape index (κ3) is 4.93. The van der Waals surface area contributed by atoms with E-state index < -0.39 is 6.10 Å². The topological polar surface area (TPSA) is 41.8 Å². The zero-order chi connectivity index (χ0) is 24.2. The highest BCUT2D eigenvalue weighted by molar-refractivity contribution is 6.06. The lowest BCUT2D eigenvalue weighted by Gasteiger charge is -2.17. The normalized spacial score (nSPS) is 12.2. The van der Waals surface area contributed by atoms with Gasteiger partial charge in [-0.15, -0.1) is 0 Å². The zero-order valence-electron chi connectivity index (χ0n) is 20.5. The quantitative estimate of drug-likeness (QED) is 0.305. The van der Waals surface area contributed by atoms with Crippen LogP contribution < -0.4 is 5.32 Å². The third-order valence-corrected chi connectivity index (χ3v) is 6.66. The molecule has 1 aromatic heterocycles. The average molecular weight is 462 g/mol. The van der Waals surface area contributed by atoms with Crippen LogP contribution in [0.15, 0.2) is 103 Å². The Labute approximate surface area is 207 Å². The molecule has 0 fully saturated rings. The lowest BCUT2D eigenvalue weighted by atomic mass is 9.97. The Hall–Kier alpha value is -3.66. The summed E-state index contributed by atoms with van der Waals surface area (Å²) in [6.45, 7) is 6.40. The van der Waals surface area contributed by atoms with Crippen molar-refractivity contribution in [2.45, 2.75) is 33.0 Å². The smallest absolute Gasteiger partial charge is 0.121 e. The van der Waals surface area contributed by atoms with Crippen molar-refractivity contribution in [1.29, 1.82) is 0 Å².